The molecule has 2 rings (SSSR count). The molecule has 1 heterocycles. The Kier molecular flexibility index (Phi) is 2.25. The maximum absolute atomic E-state index is 11.5. The van der Waals surface area contributed by atoms with E-state index in [9.17, 15) is 4.79 Å². The van der Waals surface area contributed by atoms with Crippen LogP contribution in [0.5, 0.6) is 0 Å². The monoisotopic (exact) mass is 202 g/mol. The van der Waals surface area contributed by atoms with Crippen molar-refractivity contribution >= 4 is 11.0 Å². The first kappa shape index (κ1) is 9.45. The fraction of sp³-hybridized carbons (Fsp3) is 0.0909. The first-order valence-electron chi connectivity index (χ1n) is 4.52. The summed E-state index contributed by atoms with van der Waals surface area (Å²) in [5.74, 6) is -0.529. The van der Waals surface area contributed by atoms with Gasteiger partial charge in [0.2, 0.25) is 0 Å². The van der Waals surface area contributed by atoms with Crippen molar-refractivity contribution in [2.24, 2.45) is 0 Å². The van der Waals surface area contributed by atoms with Gasteiger partial charge in [-0.25, -0.2) is 4.79 Å². The first-order valence-corrected chi connectivity index (χ1v) is 4.52. The summed E-state index contributed by atoms with van der Waals surface area (Å²) >= 11 is 0. The minimum Gasteiger partial charge on any atom is -0.409 e. The maximum Gasteiger partial charge on any atom is 0.421 e. The Morgan fingerprint density at radius 2 is 2.20 bits per heavy atom. The molecule has 15 heavy (non-hydrogen) atoms. The molecule has 0 aliphatic carbocycles. The summed E-state index contributed by atoms with van der Waals surface area (Å²) < 4.78 is 6.30. The third-order valence-corrected chi connectivity index (χ3v) is 2.14. The highest BCUT2D eigenvalue weighted by molar-refractivity contribution is 5.74. The van der Waals surface area contributed by atoms with E-state index in [0.717, 1.165) is 0 Å². The van der Waals surface area contributed by atoms with Crippen LogP contribution in [0.3, 0.4) is 0 Å². The SMILES string of the molecule is C=CCn1c(=O)oc2ccccc2c1=N. The van der Waals surface area contributed by atoms with Crippen LogP contribution in [0.25, 0.3) is 11.0 Å². The molecule has 1 aromatic carbocycles. The van der Waals surface area contributed by atoms with Gasteiger partial charge in [0.25, 0.3) is 0 Å². The Hall–Kier alpha value is -2.10. The zero-order chi connectivity index (χ0) is 10.8. The molecule has 0 fully saturated rings. The topological polar surface area (TPSA) is 59.0 Å². The first-order chi connectivity index (χ1) is 7.24. The highest BCUT2D eigenvalue weighted by Gasteiger charge is 2.04. The van der Waals surface area contributed by atoms with Crippen molar-refractivity contribution in [3.63, 3.8) is 0 Å². The van der Waals surface area contributed by atoms with Crippen LogP contribution in [0.2, 0.25) is 0 Å². The molecule has 0 bridgehead atoms. The zero-order valence-electron chi connectivity index (χ0n) is 8.06. The van der Waals surface area contributed by atoms with Gasteiger partial charge in [0.1, 0.15) is 11.1 Å². The van der Waals surface area contributed by atoms with Crippen LogP contribution in [0.1, 0.15) is 0 Å². The molecule has 0 saturated heterocycles. The van der Waals surface area contributed by atoms with Gasteiger partial charge < -0.3 is 4.42 Å². The molecule has 4 heteroatoms. The van der Waals surface area contributed by atoms with Gasteiger partial charge in [0.15, 0.2) is 0 Å². The summed E-state index contributed by atoms with van der Waals surface area (Å²) in [5.41, 5.74) is 0.592. The Morgan fingerprint density at radius 1 is 1.47 bits per heavy atom. The lowest BCUT2D eigenvalue weighted by Gasteiger charge is -2.03. The highest BCUT2D eigenvalue weighted by Crippen LogP contribution is 2.05. The van der Waals surface area contributed by atoms with Crippen molar-refractivity contribution in [1.82, 2.24) is 4.57 Å². The number of fused-ring (bicyclic) bond motifs is 1. The lowest BCUT2D eigenvalue weighted by atomic mass is 10.2. The minimum atomic E-state index is -0.529. The second kappa shape index (κ2) is 3.57. The van der Waals surface area contributed by atoms with E-state index in [-0.39, 0.29) is 12.0 Å². The number of para-hydroxylation sites is 1. The molecule has 0 saturated carbocycles. The molecule has 4 nitrogen and oxygen atoms in total. The largest absolute Gasteiger partial charge is 0.421 e. The van der Waals surface area contributed by atoms with Crippen molar-refractivity contribution in [2.45, 2.75) is 6.54 Å². The van der Waals surface area contributed by atoms with E-state index >= 15 is 0 Å². The Labute approximate surface area is 85.6 Å². The predicted molar refractivity (Wildman–Crippen MR) is 56.5 cm³/mol. The molecule has 0 unspecified atom stereocenters. The lowest BCUT2D eigenvalue weighted by molar-refractivity contribution is 0.468. The lowest BCUT2D eigenvalue weighted by Crippen LogP contribution is -2.32. The number of benzene rings is 1. The van der Waals surface area contributed by atoms with Crippen molar-refractivity contribution in [3.8, 4) is 0 Å². The van der Waals surface area contributed by atoms with Crippen LogP contribution in [0, 0.1) is 5.41 Å². The molecular weight excluding hydrogens is 192 g/mol. The molecule has 0 radical (unpaired) electrons. The molecule has 0 aliphatic rings. The Morgan fingerprint density at radius 3 is 2.93 bits per heavy atom. The second-order valence-corrected chi connectivity index (χ2v) is 3.11. The van der Waals surface area contributed by atoms with Gasteiger partial charge in [-0.15, -0.1) is 6.58 Å². The fourth-order valence-corrected chi connectivity index (χ4v) is 1.43. The number of aromatic nitrogens is 1. The van der Waals surface area contributed by atoms with Gasteiger partial charge in [-0.05, 0) is 12.1 Å². The van der Waals surface area contributed by atoms with E-state index in [4.69, 9.17) is 9.83 Å². The number of rotatable bonds is 2. The summed E-state index contributed by atoms with van der Waals surface area (Å²) in [6.07, 6.45) is 1.56. The number of nitrogens with zero attached hydrogens (tertiary/aromatic N) is 1. The molecule has 76 valence electrons. The predicted octanol–water partition coefficient (Wildman–Crippen LogP) is 1.26. The van der Waals surface area contributed by atoms with Gasteiger partial charge in [-0.2, -0.15) is 0 Å². The second-order valence-electron chi connectivity index (χ2n) is 3.11. The van der Waals surface area contributed by atoms with E-state index in [1.807, 2.05) is 0 Å². The van der Waals surface area contributed by atoms with Gasteiger partial charge in [0.05, 0.1) is 5.39 Å². The molecule has 0 aliphatic heterocycles. The van der Waals surface area contributed by atoms with Crippen LogP contribution in [-0.2, 0) is 6.54 Å². The van der Waals surface area contributed by atoms with Gasteiger partial charge >= 0.3 is 5.76 Å². The number of hydrogen-bond donors (Lipinski definition) is 1. The number of nitrogens with one attached hydrogen (secondary N) is 1. The minimum absolute atomic E-state index is 0.154. The quantitative estimate of drug-likeness (QED) is 0.745. The standard InChI is InChI=1S/C11H10N2O2/c1-2-7-13-10(12)8-5-3-4-6-9(8)15-11(13)14/h2-6,12H,1,7H2. The normalized spacial score (nSPS) is 10.4. The van der Waals surface area contributed by atoms with Gasteiger partial charge in [-0.1, -0.05) is 18.2 Å². The van der Waals surface area contributed by atoms with Crippen molar-refractivity contribution < 1.29 is 4.42 Å². The zero-order valence-corrected chi connectivity index (χ0v) is 8.06. The molecule has 1 N–H and O–H groups in total. The Bertz CT molecular complexity index is 622. The van der Waals surface area contributed by atoms with E-state index in [1.165, 1.54) is 4.57 Å². The fourth-order valence-electron chi connectivity index (χ4n) is 1.43. The van der Waals surface area contributed by atoms with Gasteiger partial charge in [-0.3, -0.25) is 9.98 Å². The highest BCUT2D eigenvalue weighted by atomic mass is 16.4. The molecule has 0 amide bonds. The van der Waals surface area contributed by atoms with E-state index in [1.54, 1.807) is 30.3 Å². The molecule has 0 spiro atoms. The summed E-state index contributed by atoms with van der Waals surface area (Å²) in [5, 5.41) is 8.46. The summed E-state index contributed by atoms with van der Waals surface area (Å²) in [6.45, 7) is 3.82. The van der Waals surface area contributed by atoms with Gasteiger partial charge in [0, 0.05) is 6.54 Å². The van der Waals surface area contributed by atoms with Crippen LogP contribution < -0.4 is 11.2 Å². The average molecular weight is 202 g/mol. The molecule has 0 atom stereocenters. The third kappa shape index (κ3) is 1.50. The smallest absolute Gasteiger partial charge is 0.409 e. The summed E-state index contributed by atoms with van der Waals surface area (Å²) in [6, 6.07) is 6.99. The molecular formula is C11H10N2O2. The van der Waals surface area contributed by atoms with Crippen LogP contribution >= 0.6 is 0 Å². The van der Waals surface area contributed by atoms with Crippen molar-refractivity contribution in [2.75, 3.05) is 0 Å². The third-order valence-electron chi connectivity index (χ3n) is 2.14. The van der Waals surface area contributed by atoms with Crippen LogP contribution in [0.15, 0.2) is 46.1 Å². The number of allylic oxidation sites excluding steroid dienone is 1. The number of hydrogen-bond acceptors (Lipinski definition) is 3. The average Bonchev–Trinajstić information content (AvgIpc) is 2.24. The maximum atomic E-state index is 11.5. The molecule has 2 aromatic rings. The van der Waals surface area contributed by atoms with E-state index < -0.39 is 5.76 Å². The molecule has 1 aromatic heterocycles. The summed E-state index contributed by atoms with van der Waals surface area (Å²) in [7, 11) is 0. The van der Waals surface area contributed by atoms with E-state index in [0.29, 0.717) is 11.0 Å². The van der Waals surface area contributed by atoms with E-state index in [2.05, 4.69) is 6.58 Å². The summed E-state index contributed by atoms with van der Waals surface area (Å²) in [4.78, 5) is 11.5. The van der Waals surface area contributed by atoms with Crippen LogP contribution in [-0.4, -0.2) is 4.57 Å². The van der Waals surface area contributed by atoms with Crippen molar-refractivity contribution in [1.29, 1.82) is 5.41 Å². The van der Waals surface area contributed by atoms with Crippen molar-refractivity contribution in [3.05, 3.63) is 53.0 Å². The van der Waals surface area contributed by atoms with Crippen LogP contribution in [0.4, 0.5) is 0 Å². The Balaban J connectivity index is 2.90.